The fraction of sp³-hybridized carbons (Fsp3) is 0.278. The Balaban J connectivity index is 1.42. The van der Waals surface area contributed by atoms with E-state index in [1.165, 1.54) is 12.1 Å². The molecule has 0 aliphatic carbocycles. The summed E-state index contributed by atoms with van der Waals surface area (Å²) in [6, 6.07) is 13.7. The van der Waals surface area contributed by atoms with Crippen molar-refractivity contribution in [3.63, 3.8) is 0 Å². The molecular formula is C18H18FNO3. The number of amides is 1. The molecule has 1 heterocycles. The lowest BCUT2D eigenvalue weighted by Crippen LogP contribution is -2.44. The number of para-hydroxylation sites is 2. The van der Waals surface area contributed by atoms with Crippen molar-refractivity contribution in [2.24, 2.45) is 0 Å². The van der Waals surface area contributed by atoms with Crippen molar-refractivity contribution in [1.29, 1.82) is 0 Å². The number of carbonyl (C=O) groups excluding carboxylic acids is 1. The number of ether oxygens (including phenoxy) is 2. The van der Waals surface area contributed by atoms with Crippen LogP contribution in [0.4, 0.5) is 4.39 Å². The van der Waals surface area contributed by atoms with Crippen molar-refractivity contribution in [3.05, 3.63) is 59.9 Å². The topological polar surface area (TPSA) is 47.6 Å². The van der Waals surface area contributed by atoms with E-state index < -0.39 is 6.10 Å². The van der Waals surface area contributed by atoms with Crippen LogP contribution in [0.1, 0.15) is 12.0 Å². The van der Waals surface area contributed by atoms with Crippen molar-refractivity contribution >= 4 is 5.91 Å². The lowest BCUT2D eigenvalue weighted by atomic mass is 10.1. The van der Waals surface area contributed by atoms with Gasteiger partial charge in [0, 0.05) is 6.54 Å². The molecule has 0 saturated heterocycles. The molecule has 1 amide bonds. The van der Waals surface area contributed by atoms with E-state index in [2.05, 4.69) is 5.32 Å². The Bertz CT molecular complexity index is 672. The number of halogens is 1. The Morgan fingerprint density at radius 2 is 1.87 bits per heavy atom. The number of carbonyl (C=O) groups is 1. The normalized spacial score (nSPS) is 16.0. The fourth-order valence-electron chi connectivity index (χ4n) is 2.42. The summed E-state index contributed by atoms with van der Waals surface area (Å²) in [6.07, 6.45) is 0.933. The third-order valence-corrected chi connectivity index (χ3v) is 3.66. The van der Waals surface area contributed by atoms with E-state index in [4.69, 9.17) is 9.47 Å². The van der Waals surface area contributed by atoms with Gasteiger partial charge >= 0.3 is 0 Å². The number of fused-ring (bicyclic) bond motifs is 1. The molecule has 0 bridgehead atoms. The number of aryl methyl sites for hydroxylation is 1. The van der Waals surface area contributed by atoms with E-state index in [-0.39, 0.29) is 18.3 Å². The Hall–Kier alpha value is -2.56. The minimum atomic E-state index is -0.629. The highest BCUT2D eigenvalue weighted by atomic mass is 19.1. The van der Waals surface area contributed by atoms with Gasteiger partial charge in [-0.05, 0) is 42.7 Å². The molecule has 0 aromatic heterocycles. The number of nitrogens with one attached hydrogen (secondary N) is 1. The second-order valence-corrected chi connectivity index (χ2v) is 5.39. The molecule has 0 spiro atoms. The predicted octanol–water partition coefficient (Wildman–Crippen LogP) is 2.71. The van der Waals surface area contributed by atoms with E-state index >= 15 is 0 Å². The van der Waals surface area contributed by atoms with Crippen molar-refractivity contribution < 1.29 is 18.7 Å². The summed E-state index contributed by atoms with van der Waals surface area (Å²) in [5.41, 5.74) is 1.05. The first-order valence-electron chi connectivity index (χ1n) is 7.63. The number of hydrogen-bond acceptors (Lipinski definition) is 3. The zero-order valence-corrected chi connectivity index (χ0v) is 12.6. The molecule has 0 saturated carbocycles. The molecule has 1 aliphatic heterocycles. The molecular weight excluding hydrogens is 297 g/mol. The molecule has 2 aromatic rings. The molecule has 0 radical (unpaired) electrons. The van der Waals surface area contributed by atoms with Crippen LogP contribution in [0.2, 0.25) is 0 Å². The maximum Gasteiger partial charge on any atom is 0.264 e. The van der Waals surface area contributed by atoms with Gasteiger partial charge in [0.1, 0.15) is 12.4 Å². The molecule has 4 nitrogen and oxygen atoms in total. The molecule has 0 fully saturated rings. The van der Waals surface area contributed by atoms with Gasteiger partial charge in [0.05, 0.1) is 0 Å². The summed E-state index contributed by atoms with van der Waals surface area (Å²) in [7, 11) is 0. The second-order valence-electron chi connectivity index (χ2n) is 5.39. The smallest absolute Gasteiger partial charge is 0.264 e. The van der Waals surface area contributed by atoms with Crippen LogP contribution < -0.4 is 14.8 Å². The highest BCUT2D eigenvalue weighted by Gasteiger charge is 2.26. The zero-order chi connectivity index (χ0) is 16.1. The maximum absolute atomic E-state index is 12.8. The summed E-state index contributed by atoms with van der Waals surface area (Å²) < 4.78 is 24.0. The fourth-order valence-corrected chi connectivity index (χ4v) is 2.42. The molecule has 120 valence electrons. The quantitative estimate of drug-likeness (QED) is 0.863. The monoisotopic (exact) mass is 315 g/mol. The van der Waals surface area contributed by atoms with Crippen LogP contribution in [-0.4, -0.2) is 25.2 Å². The number of rotatable bonds is 5. The zero-order valence-electron chi connectivity index (χ0n) is 12.6. The van der Waals surface area contributed by atoms with Crippen LogP contribution in [0.25, 0.3) is 0 Å². The van der Waals surface area contributed by atoms with Crippen molar-refractivity contribution in [3.8, 4) is 11.5 Å². The van der Waals surface area contributed by atoms with E-state index in [0.29, 0.717) is 18.0 Å². The Morgan fingerprint density at radius 1 is 1.13 bits per heavy atom. The molecule has 3 rings (SSSR count). The summed E-state index contributed by atoms with van der Waals surface area (Å²) >= 11 is 0. The van der Waals surface area contributed by atoms with Gasteiger partial charge in [-0.3, -0.25) is 4.79 Å². The van der Waals surface area contributed by atoms with Crippen molar-refractivity contribution in [1.82, 2.24) is 5.32 Å². The van der Waals surface area contributed by atoms with E-state index in [0.717, 1.165) is 18.4 Å². The standard InChI is InChI=1S/C18H18FNO3/c19-14-9-7-13(8-10-14)4-3-11-20-18(21)17-12-22-15-5-1-2-6-16(15)23-17/h1-2,5-10,17H,3-4,11-12H2,(H,20,21)/t17-/m1/s1. The highest BCUT2D eigenvalue weighted by molar-refractivity contribution is 5.81. The van der Waals surface area contributed by atoms with Crippen LogP contribution in [0.15, 0.2) is 48.5 Å². The first kappa shape index (κ1) is 15.3. The van der Waals surface area contributed by atoms with E-state index in [1.807, 2.05) is 18.2 Å². The third-order valence-electron chi connectivity index (χ3n) is 3.66. The lowest BCUT2D eigenvalue weighted by Gasteiger charge is -2.25. The number of hydrogen-bond donors (Lipinski definition) is 1. The molecule has 5 heteroatoms. The minimum Gasteiger partial charge on any atom is -0.485 e. The molecule has 1 aliphatic rings. The van der Waals surface area contributed by atoms with Gasteiger partial charge in [-0.1, -0.05) is 24.3 Å². The number of benzene rings is 2. The average Bonchev–Trinajstić information content (AvgIpc) is 2.59. The van der Waals surface area contributed by atoms with Gasteiger partial charge in [-0.25, -0.2) is 4.39 Å². The SMILES string of the molecule is O=C(NCCCc1ccc(F)cc1)[C@H]1COc2ccccc2O1. The van der Waals surface area contributed by atoms with Crippen LogP contribution in [-0.2, 0) is 11.2 Å². The Labute approximate surface area is 134 Å². The molecule has 0 unspecified atom stereocenters. The second kappa shape index (κ2) is 7.13. The van der Waals surface area contributed by atoms with Crippen LogP contribution in [0, 0.1) is 5.82 Å². The van der Waals surface area contributed by atoms with E-state index in [1.54, 1.807) is 18.2 Å². The van der Waals surface area contributed by atoms with Crippen LogP contribution in [0.3, 0.4) is 0 Å². The highest BCUT2D eigenvalue weighted by Crippen LogP contribution is 2.30. The Morgan fingerprint density at radius 3 is 2.65 bits per heavy atom. The minimum absolute atomic E-state index is 0.182. The largest absolute Gasteiger partial charge is 0.485 e. The van der Waals surface area contributed by atoms with Gasteiger partial charge in [-0.2, -0.15) is 0 Å². The summed E-state index contributed by atoms with van der Waals surface area (Å²) in [5.74, 6) is 0.827. The molecule has 2 aromatic carbocycles. The predicted molar refractivity (Wildman–Crippen MR) is 84.1 cm³/mol. The van der Waals surface area contributed by atoms with Gasteiger partial charge < -0.3 is 14.8 Å². The molecule has 23 heavy (non-hydrogen) atoms. The average molecular weight is 315 g/mol. The Kier molecular flexibility index (Phi) is 4.76. The summed E-state index contributed by atoms with van der Waals surface area (Å²) in [4.78, 5) is 12.1. The summed E-state index contributed by atoms with van der Waals surface area (Å²) in [5, 5.41) is 2.85. The first-order chi connectivity index (χ1) is 11.2. The van der Waals surface area contributed by atoms with Crippen molar-refractivity contribution in [2.75, 3.05) is 13.2 Å². The van der Waals surface area contributed by atoms with Gasteiger partial charge in [0.15, 0.2) is 11.5 Å². The van der Waals surface area contributed by atoms with Crippen LogP contribution in [0.5, 0.6) is 11.5 Å². The van der Waals surface area contributed by atoms with E-state index in [9.17, 15) is 9.18 Å². The van der Waals surface area contributed by atoms with Gasteiger partial charge in [0.25, 0.3) is 5.91 Å². The van der Waals surface area contributed by atoms with Crippen molar-refractivity contribution in [2.45, 2.75) is 18.9 Å². The third kappa shape index (κ3) is 4.00. The summed E-state index contributed by atoms with van der Waals surface area (Å²) in [6.45, 7) is 0.749. The van der Waals surface area contributed by atoms with Gasteiger partial charge in [-0.15, -0.1) is 0 Å². The first-order valence-corrected chi connectivity index (χ1v) is 7.63. The molecule has 1 N–H and O–H groups in total. The lowest BCUT2D eigenvalue weighted by molar-refractivity contribution is -0.130. The maximum atomic E-state index is 12.8. The molecule has 1 atom stereocenters. The van der Waals surface area contributed by atoms with Gasteiger partial charge in [0.2, 0.25) is 6.10 Å². The van der Waals surface area contributed by atoms with Crippen LogP contribution >= 0.6 is 0 Å².